The van der Waals surface area contributed by atoms with Gasteiger partial charge in [0.05, 0.1) is 29.0 Å². The van der Waals surface area contributed by atoms with Crippen molar-refractivity contribution in [3.05, 3.63) is 62.6 Å². The molecule has 0 fully saturated rings. The van der Waals surface area contributed by atoms with Crippen LogP contribution in [0.3, 0.4) is 0 Å². The Morgan fingerprint density at radius 2 is 2.03 bits per heavy atom. The smallest absolute Gasteiger partial charge is 0.343 e. The van der Waals surface area contributed by atoms with Crippen LogP contribution in [0.15, 0.2) is 34.8 Å². The number of ether oxygens (including phenoxy) is 1. The van der Waals surface area contributed by atoms with E-state index < -0.39 is 19.9 Å². The molecule has 9 heteroatoms. The van der Waals surface area contributed by atoms with Crippen molar-refractivity contribution in [3.8, 4) is 17.1 Å². The molecule has 33 heavy (non-hydrogen) atoms. The third-order valence-corrected chi connectivity index (χ3v) is 7.35. The standard InChI is InChI=1S/C24H24N2O6Si/c1-4-24(30)17-10-19-21-13(11-26(19)22(28)16(17)12-32-23(24)29)9-15-14(7-8-33(2,3)31)20(27)6-5-18(15)25-21/h5-10,27,30-31H,4,11-12H2,1-3H3/b8-7+/t24-/m0/s1. The van der Waals surface area contributed by atoms with Crippen LogP contribution in [-0.4, -0.2) is 38.8 Å². The number of nitrogens with zero attached hydrogens (tertiary/aromatic N) is 2. The SMILES string of the molecule is CC[C@@]1(O)C(=O)OCc2c1cc1n(c2=O)Cc2cc3c(/C=C/[Si](C)(C)O)c(O)ccc3nc2-1. The van der Waals surface area contributed by atoms with Gasteiger partial charge in [-0.25, -0.2) is 9.78 Å². The fraction of sp³-hybridized carbons (Fsp3) is 0.292. The molecular weight excluding hydrogens is 440 g/mol. The molecule has 2 aliphatic heterocycles. The van der Waals surface area contributed by atoms with Gasteiger partial charge < -0.3 is 24.3 Å². The second-order valence-electron chi connectivity index (χ2n) is 9.15. The highest BCUT2D eigenvalue weighted by atomic mass is 28.4. The third-order valence-electron chi connectivity index (χ3n) is 6.37. The number of cyclic esters (lactones) is 1. The summed E-state index contributed by atoms with van der Waals surface area (Å²) in [6, 6.07) is 6.81. The van der Waals surface area contributed by atoms with E-state index >= 15 is 0 Å². The number of hydrogen-bond acceptors (Lipinski definition) is 7. The molecule has 0 aliphatic carbocycles. The Labute approximate surface area is 190 Å². The average molecular weight is 465 g/mol. The summed E-state index contributed by atoms with van der Waals surface area (Å²) in [5, 5.41) is 22.1. The molecule has 3 N–H and O–H groups in total. The van der Waals surface area contributed by atoms with Crippen LogP contribution in [0.1, 0.15) is 35.6 Å². The van der Waals surface area contributed by atoms with E-state index in [2.05, 4.69) is 0 Å². The maximum atomic E-state index is 13.3. The van der Waals surface area contributed by atoms with Gasteiger partial charge in [0.15, 0.2) is 5.60 Å². The molecule has 1 aromatic carbocycles. The summed E-state index contributed by atoms with van der Waals surface area (Å²) in [6.07, 6.45) is 1.80. The summed E-state index contributed by atoms with van der Waals surface area (Å²) < 4.78 is 6.68. The van der Waals surface area contributed by atoms with Crippen LogP contribution in [0.2, 0.25) is 13.1 Å². The highest BCUT2D eigenvalue weighted by molar-refractivity contribution is 6.75. The maximum Gasteiger partial charge on any atom is 0.343 e. The number of esters is 1. The first-order valence-electron chi connectivity index (χ1n) is 10.8. The Morgan fingerprint density at radius 3 is 2.73 bits per heavy atom. The van der Waals surface area contributed by atoms with E-state index in [1.54, 1.807) is 54.6 Å². The van der Waals surface area contributed by atoms with Crippen LogP contribution in [0, 0.1) is 0 Å². The average Bonchev–Trinajstić information content (AvgIpc) is 3.12. The zero-order chi connectivity index (χ0) is 23.7. The van der Waals surface area contributed by atoms with Crippen LogP contribution in [0.4, 0.5) is 0 Å². The van der Waals surface area contributed by atoms with Gasteiger partial charge in [-0.15, -0.1) is 0 Å². The molecule has 8 nitrogen and oxygen atoms in total. The third kappa shape index (κ3) is 3.23. The normalized spacial score (nSPS) is 19.5. The van der Waals surface area contributed by atoms with E-state index in [0.717, 1.165) is 5.56 Å². The van der Waals surface area contributed by atoms with Crippen molar-refractivity contribution < 1.29 is 24.5 Å². The van der Waals surface area contributed by atoms with Crippen molar-refractivity contribution >= 4 is 31.3 Å². The van der Waals surface area contributed by atoms with Crippen LogP contribution in [-0.2, 0) is 28.3 Å². The van der Waals surface area contributed by atoms with Gasteiger partial charge in [0, 0.05) is 22.1 Å². The molecule has 0 bridgehead atoms. The van der Waals surface area contributed by atoms with E-state index in [0.29, 0.717) is 27.9 Å². The van der Waals surface area contributed by atoms with Crippen LogP contribution in [0.5, 0.6) is 5.75 Å². The quantitative estimate of drug-likeness (QED) is 0.315. The van der Waals surface area contributed by atoms with Crippen molar-refractivity contribution in [3.63, 3.8) is 0 Å². The monoisotopic (exact) mass is 464 g/mol. The van der Waals surface area contributed by atoms with E-state index in [1.165, 1.54) is 0 Å². The number of aliphatic hydroxyl groups is 1. The Hall–Kier alpha value is -3.27. The number of benzene rings is 1. The summed E-state index contributed by atoms with van der Waals surface area (Å²) >= 11 is 0. The van der Waals surface area contributed by atoms with E-state index in [9.17, 15) is 24.6 Å². The lowest BCUT2D eigenvalue weighted by atomic mass is 9.86. The van der Waals surface area contributed by atoms with Gasteiger partial charge in [-0.3, -0.25) is 4.79 Å². The van der Waals surface area contributed by atoms with E-state index in [4.69, 9.17) is 9.72 Å². The lowest BCUT2D eigenvalue weighted by Gasteiger charge is -2.31. The first-order chi connectivity index (χ1) is 15.5. The molecular formula is C24H24N2O6Si. The predicted molar refractivity (Wildman–Crippen MR) is 125 cm³/mol. The summed E-state index contributed by atoms with van der Waals surface area (Å²) in [4.78, 5) is 40.5. The van der Waals surface area contributed by atoms with Crippen LogP contribution in [0.25, 0.3) is 28.4 Å². The summed E-state index contributed by atoms with van der Waals surface area (Å²) in [5.41, 5.74) is 3.18. The number of pyridine rings is 2. The molecule has 0 amide bonds. The van der Waals surface area contributed by atoms with Gasteiger partial charge in [0.25, 0.3) is 5.56 Å². The number of hydrogen-bond donors (Lipinski definition) is 3. The number of carbonyl (C=O) groups is 1. The summed E-state index contributed by atoms with van der Waals surface area (Å²) in [7, 11) is -2.49. The zero-order valence-electron chi connectivity index (χ0n) is 18.5. The molecule has 5 rings (SSSR count). The van der Waals surface area contributed by atoms with Gasteiger partial charge >= 0.3 is 5.97 Å². The minimum Gasteiger partial charge on any atom is -0.507 e. The number of aromatic hydroxyl groups is 1. The van der Waals surface area contributed by atoms with Gasteiger partial charge in [-0.05, 0) is 43.8 Å². The van der Waals surface area contributed by atoms with Crippen LogP contribution >= 0.6 is 0 Å². The Bertz CT molecular complexity index is 1440. The molecule has 2 aliphatic rings. The van der Waals surface area contributed by atoms with Crippen molar-refractivity contribution in [2.75, 3.05) is 0 Å². The molecule has 0 unspecified atom stereocenters. The number of carbonyl (C=O) groups excluding carboxylic acids is 1. The molecule has 0 radical (unpaired) electrons. The zero-order valence-corrected chi connectivity index (χ0v) is 19.5. The molecule has 4 heterocycles. The van der Waals surface area contributed by atoms with Crippen molar-refractivity contribution in [2.45, 2.75) is 45.2 Å². The number of fused-ring (bicyclic) bond motifs is 5. The Balaban J connectivity index is 1.73. The molecule has 0 saturated heterocycles. The van der Waals surface area contributed by atoms with Gasteiger partial charge in [0.2, 0.25) is 8.32 Å². The molecule has 2 aromatic heterocycles. The van der Waals surface area contributed by atoms with Crippen LogP contribution < -0.4 is 5.56 Å². The number of aromatic nitrogens is 2. The largest absolute Gasteiger partial charge is 0.507 e. The lowest BCUT2D eigenvalue weighted by molar-refractivity contribution is -0.172. The molecule has 3 aromatic rings. The highest BCUT2D eigenvalue weighted by Crippen LogP contribution is 2.39. The van der Waals surface area contributed by atoms with E-state index in [-0.39, 0.29) is 42.0 Å². The minimum atomic E-state index is -2.49. The first kappa shape index (κ1) is 21.6. The Kier molecular flexibility index (Phi) is 4.65. The predicted octanol–water partition coefficient (Wildman–Crippen LogP) is 2.54. The minimum absolute atomic E-state index is 0.0746. The van der Waals surface area contributed by atoms with E-state index in [1.807, 2.05) is 6.07 Å². The van der Waals surface area contributed by atoms with Crippen molar-refractivity contribution in [1.29, 1.82) is 0 Å². The van der Waals surface area contributed by atoms with Gasteiger partial charge in [-0.1, -0.05) is 18.7 Å². The number of phenolic OH excluding ortho intramolecular Hbond substituents is 1. The second-order valence-corrected chi connectivity index (χ2v) is 12.8. The molecule has 170 valence electrons. The summed E-state index contributed by atoms with van der Waals surface area (Å²) in [6.45, 7) is 5.32. The van der Waals surface area contributed by atoms with Crippen molar-refractivity contribution in [2.24, 2.45) is 0 Å². The van der Waals surface area contributed by atoms with Gasteiger partial charge in [0.1, 0.15) is 12.4 Å². The molecule has 0 saturated carbocycles. The lowest BCUT2D eigenvalue weighted by Crippen LogP contribution is -2.44. The number of rotatable bonds is 3. The molecule has 0 spiro atoms. The fourth-order valence-corrected chi connectivity index (χ4v) is 5.10. The highest BCUT2D eigenvalue weighted by Gasteiger charge is 2.45. The fourth-order valence-electron chi connectivity index (χ4n) is 4.53. The molecule has 1 atom stereocenters. The Morgan fingerprint density at radius 1 is 1.27 bits per heavy atom. The topological polar surface area (TPSA) is 122 Å². The second kappa shape index (κ2) is 7.11. The maximum absolute atomic E-state index is 13.3. The first-order valence-corrected chi connectivity index (χ1v) is 13.8. The summed E-state index contributed by atoms with van der Waals surface area (Å²) in [5.74, 6) is -0.681. The van der Waals surface area contributed by atoms with Gasteiger partial charge in [-0.2, -0.15) is 0 Å². The van der Waals surface area contributed by atoms with Crippen molar-refractivity contribution in [1.82, 2.24) is 9.55 Å². The number of phenols is 1.